The van der Waals surface area contributed by atoms with E-state index < -0.39 is 0 Å². The predicted octanol–water partition coefficient (Wildman–Crippen LogP) is 4.37. The van der Waals surface area contributed by atoms with Crippen LogP contribution in [0.1, 0.15) is 11.1 Å². The van der Waals surface area contributed by atoms with Crippen LogP contribution >= 0.6 is 11.8 Å². The van der Waals surface area contributed by atoms with Gasteiger partial charge in [0.15, 0.2) is 0 Å². The van der Waals surface area contributed by atoms with Gasteiger partial charge in [-0.05, 0) is 49.1 Å². The second-order valence-corrected chi connectivity index (χ2v) is 5.34. The molecule has 0 bridgehead atoms. The number of carbonyl (C=O) groups is 1. The SMILES string of the molecule is CSc1ccc(/C=C/C(=O)Nc2ccc(C)cc2)cc1. The standard InChI is InChI=1S/C17H17NOS/c1-13-3-8-15(9-4-13)18-17(19)12-7-14-5-10-16(20-2)11-6-14/h3-12H,1-2H3,(H,18,19)/b12-7+. The van der Waals surface area contributed by atoms with Crippen LogP contribution in [0.25, 0.3) is 6.08 Å². The molecule has 2 rings (SSSR count). The number of aryl methyl sites for hydroxylation is 1. The van der Waals surface area contributed by atoms with Crippen molar-refractivity contribution in [2.24, 2.45) is 0 Å². The summed E-state index contributed by atoms with van der Waals surface area (Å²) in [6.45, 7) is 2.02. The molecular formula is C17H17NOS. The predicted molar refractivity (Wildman–Crippen MR) is 87.1 cm³/mol. The van der Waals surface area contributed by atoms with Crippen molar-refractivity contribution in [2.75, 3.05) is 11.6 Å². The lowest BCUT2D eigenvalue weighted by atomic mass is 10.2. The fourth-order valence-corrected chi connectivity index (χ4v) is 2.12. The third-order valence-electron chi connectivity index (χ3n) is 2.86. The summed E-state index contributed by atoms with van der Waals surface area (Å²) < 4.78 is 0. The lowest BCUT2D eigenvalue weighted by molar-refractivity contribution is -0.111. The van der Waals surface area contributed by atoms with Gasteiger partial charge in [-0.15, -0.1) is 11.8 Å². The zero-order chi connectivity index (χ0) is 14.4. The third-order valence-corrected chi connectivity index (χ3v) is 3.61. The molecule has 1 N–H and O–H groups in total. The summed E-state index contributed by atoms with van der Waals surface area (Å²) in [5, 5.41) is 2.83. The Hall–Kier alpha value is -2.00. The van der Waals surface area contributed by atoms with E-state index in [0.717, 1.165) is 11.3 Å². The third kappa shape index (κ3) is 4.28. The fourth-order valence-electron chi connectivity index (χ4n) is 1.71. The molecular weight excluding hydrogens is 266 g/mol. The molecule has 0 atom stereocenters. The molecule has 0 saturated heterocycles. The molecule has 0 aromatic heterocycles. The van der Waals surface area contributed by atoms with E-state index in [9.17, 15) is 4.79 Å². The summed E-state index contributed by atoms with van der Waals surface area (Å²) in [4.78, 5) is 13.0. The van der Waals surface area contributed by atoms with E-state index in [1.807, 2.05) is 67.8 Å². The molecule has 2 aromatic carbocycles. The topological polar surface area (TPSA) is 29.1 Å². The zero-order valence-corrected chi connectivity index (χ0v) is 12.4. The van der Waals surface area contributed by atoms with E-state index in [0.29, 0.717) is 0 Å². The van der Waals surface area contributed by atoms with Crippen molar-refractivity contribution in [3.8, 4) is 0 Å². The highest BCUT2D eigenvalue weighted by molar-refractivity contribution is 7.98. The second kappa shape index (κ2) is 6.96. The minimum absolute atomic E-state index is 0.122. The molecule has 0 aliphatic rings. The van der Waals surface area contributed by atoms with Gasteiger partial charge in [-0.3, -0.25) is 4.79 Å². The van der Waals surface area contributed by atoms with Gasteiger partial charge in [-0.2, -0.15) is 0 Å². The average Bonchev–Trinajstić information content (AvgIpc) is 2.48. The molecule has 0 radical (unpaired) electrons. The van der Waals surface area contributed by atoms with Crippen LogP contribution in [0.3, 0.4) is 0 Å². The number of hydrogen-bond acceptors (Lipinski definition) is 2. The van der Waals surface area contributed by atoms with Crippen LogP contribution in [0, 0.1) is 6.92 Å². The van der Waals surface area contributed by atoms with Gasteiger partial charge in [0, 0.05) is 16.7 Å². The molecule has 102 valence electrons. The van der Waals surface area contributed by atoms with Crippen LogP contribution < -0.4 is 5.32 Å². The summed E-state index contributed by atoms with van der Waals surface area (Å²) in [6.07, 6.45) is 5.40. The van der Waals surface area contributed by atoms with Crippen molar-refractivity contribution < 1.29 is 4.79 Å². The van der Waals surface area contributed by atoms with Crippen molar-refractivity contribution in [3.05, 3.63) is 65.7 Å². The number of nitrogens with one attached hydrogen (secondary N) is 1. The van der Waals surface area contributed by atoms with Crippen molar-refractivity contribution in [2.45, 2.75) is 11.8 Å². The summed E-state index contributed by atoms with van der Waals surface area (Å²) in [5.74, 6) is -0.122. The first kappa shape index (κ1) is 14.4. The molecule has 0 heterocycles. The lowest BCUT2D eigenvalue weighted by Gasteiger charge is -2.02. The number of hydrogen-bond donors (Lipinski definition) is 1. The van der Waals surface area contributed by atoms with Crippen LogP contribution in [0.2, 0.25) is 0 Å². The van der Waals surface area contributed by atoms with Gasteiger partial charge in [0.25, 0.3) is 0 Å². The van der Waals surface area contributed by atoms with Crippen molar-refractivity contribution in [1.82, 2.24) is 0 Å². The maximum atomic E-state index is 11.8. The Balaban J connectivity index is 1.96. The summed E-state index contributed by atoms with van der Waals surface area (Å²) in [5.41, 5.74) is 3.00. The summed E-state index contributed by atoms with van der Waals surface area (Å²) in [7, 11) is 0. The van der Waals surface area contributed by atoms with Crippen LogP contribution in [0.15, 0.2) is 59.5 Å². The number of amides is 1. The summed E-state index contributed by atoms with van der Waals surface area (Å²) in [6, 6.07) is 15.8. The molecule has 2 nitrogen and oxygen atoms in total. The normalized spacial score (nSPS) is 10.7. The van der Waals surface area contributed by atoms with Gasteiger partial charge in [0.1, 0.15) is 0 Å². The fraction of sp³-hybridized carbons (Fsp3) is 0.118. The number of carbonyl (C=O) groups excluding carboxylic acids is 1. The maximum absolute atomic E-state index is 11.8. The van der Waals surface area contributed by atoms with Crippen LogP contribution in [-0.4, -0.2) is 12.2 Å². The van der Waals surface area contributed by atoms with Crippen molar-refractivity contribution in [3.63, 3.8) is 0 Å². The van der Waals surface area contributed by atoms with Crippen LogP contribution in [-0.2, 0) is 4.79 Å². The first-order chi connectivity index (χ1) is 9.67. The highest BCUT2D eigenvalue weighted by Crippen LogP contribution is 2.15. The molecule has 3 heteroatoms. The molecule has 0 spiro atoms. The first-order valence-corrected chi connectivity index (χ1v) is 7.59. The van der Waals surface area contributed by atoms with E-state index >= 15 is 0 Å². The second-order valence-electron chi connectivity index (χ2n) is 4.46. The minimum Gasteiger partial charge on any atom is -0.323 e. The number of benzene rings is 2. The Morgan fingerprint density at radius 1 is 1.05 bits per heavy atom. The molecule has 20 heavy (non-hydrogen) atoms. The molecule has 0 unspecified atom stereocenters. The van der Waals surface area contributed by atoms with E-state index in [1.54, 1.807) is 17.8 Å². The quantitative estimate of drug-likeness (QED) is 0.667. The number of anilines is 1. The van der Waals surface area contributed by atoms with E-state index in [-0.39, 0.29) is 5.91 Å². The van der Waals surface area contributed by atoms with Gasteiger partial charge < -0.3 is 5.32 Å². The Kier molecular flexibility index (Phi) is 5.02. The summed E-state index contributed by atoms with van der Waals surface area (Å²) >= 11 is 1.70. The molecule has 0 aliphatic carbocycles. The minimum atomic E-state index is -0.122. The molecule has 0 fully saturated rings. The lowest BCUT2D eigenvalue weighted by Crippen LogP contribution is -2.07. The van der Waals surface area contributed by atoms with Crippen molar-refractivity contribution in [1.29, 1.82) is 0 Å². The van der Waals surface area contributed by atoms with E-state index in [1.165, 1.54) is 10.5 Å². The zero-order valence-electron chi connectivity index (χ0n) is 11.6. The molecule has 2 aromatic rings. The number of rotatable bonds is 4. The smallest absolute Gasteiger partial charge is 0.248 e. The van der Waals surface area contributed by atoms with Crippen LogP contribution in [0.5, 0.6) is 0 Å². The molecule has 1 amide bonds. The van der Waals surface area contributed by atoms with Gasteiger partial charge in [0.2, 0.25) is 5.91 Å². The Bertz CT molecular complexity index is 600. The average molecular weight is 283 g/mol. The Morgan fingerprint density at radius 2 is 1.70 bits per heavy atom. The van der Waals surface area contributed by atoms with Crippen LogP contribution in [0.4, 0.5) is 5.69 Å². The highest BCUT2D eigenvalue weighted by Gasteiger charge is 1.97. The van der Waals surface area contributed by atoms with Gasteiger partial charge >= 0.3 is 0 Å². The van der Waals surface area contributed by atoms with Crippen molar-refractivity contribution >= 4 is 29.4 Å². The van der Waals surface area contributed by atoms with Gasteiger partial charge in [-0.1, -0.05) is 29.8 Å². The highest BCUT2D eigenvalue weighted by atomic mass is 32.2. The maximum Gasteiger partial charge on any atom is 0.248 e. The largest absolute Gasteiger partial charge is 0.323 e. The van der Waals surface area contributed by atoms with E-state index in [4.69, 9.17) is 0 Å². The molecule has 0 saturated carbocycles. The van der Waals surface area contributed by atoms with Gasteiger partial charge in [0.05, 0.1) is 0 Å². The van der Waals surface area contributed by atoms with Gasteiger partial charge in [-0.25, -0.2) is 0 Å². The monoisotopic (exact) mass is 283 g/mol. The Morgan fingerprint density at radius 3 is 2.30 bits per heavy atom. The Labute approximate surface area is 123 Å². The molecule has 0 aliphatic heterocycles. The van der Waals surface area contributed by atoms with E-state index in [2.05, 4.69) is 5.32 Å². The number of thioether (sulfide) groups is 1. The first-order valence-electron chi connectivity index (χ1n) is 6.37.